The molecule has 0 radical (unpaired) electrons. The molecule has 11 heteroatoms. The molecule has 0 saturated carbocycles. The Morgan fingerprint density at radius 1 is 1.12 bits per heavy atom. The van der Waals surface area contributed by atoms with Crippen LogP contribution in [0.4, 0.5) is 0 Å². The average molecular weight is 748 g/mol. The van der Waals surface area contributed by atoms with Crippen molar-refractivity contribution < 1.29 is 69.8 Å². The minimum atomic E-state index is -3.67. The third-order valence-corrected chi connectivity index (χ3v) is 5.74. The topological polar surface area (TPSA) is 93.1 Å². The van der Waals surface area contributed by atoms with Gasteiger partial charge in [-0.15, -0.1) is 0 Å². The van der Waals surface area contributed by atoms with E-state index < -0.39 is 34.1 Å². The molecule has 0 amide bonds. The summed E-state index contributed by atoms with van der Waals surface area (Å²) in [6.07, 6.45) is -2.60. The van der Waals surface area contributed by atoms with E-state index in [0.29, 0.717) is 0 Å². The molecule has 142 valence electrons. The molecule has 0 aromatic heterocycles. The van der Waals surface area contributed by atoms with Crippen LogP contribution in [0.3, 0.4) is 0 Å². The zero-order chi connectivity index (χ0) is 17.6. The molecule has 1 aromatic carbocycles. The molecule has 5 unspecified atom stereocenters. The van der Waals surface area contributed by atoms with Crippen molar-refractivity contribution in [2.45, 2.75) is 31.1 Å². The van der Waals surface area contributed by atoms with Gasteiger partial charge in [0.1, 0.15) is 11.9 Å². The van der Waals surface area contributed by atoms with E-state index in [-0.39, 0.29) is 52.8 Å². The van der Waals surface area contributed by atoms with Crippen molar-refractivity contribution in [2.75, 3.05) is 0 Å². The maximum atomic E-state index is 12.4. The summed E-state index contributed by atoms with van der Waals surface area (Å²) in [4.78, 5) is 0.153. The van der Waals surface area contributed by atoms with Crippen molar-refractivity contribution in [1.82, 2.24) is 0 Å². The van der Waals surface area contributed by atoms with Crippen LogP contribution >= 0.6 is 18.9 Å². The predicted octanol–water partition coefficient (Wildman–Crippen LogP) is 1.86. The molecular formula is C14H22O6P2SW2. The van der Waals surface area contributed by atoms with Gasteiger partial charge < -0.3 is 19.3 Å². The number of rotatable bonds is 8. The normalized spacial score (nSPS) is 15.6. The van der Waals surface area contributed by atoms with Crippen LogP contribution in [0.5, 0.6) is 0 Å². The zero-order valence-electron chi connectivity index (χ0n) is 13.7. The average Bonchev–Trinajstić information content (AvgIpc) is 2.53. The van der Waals surface area contributed by atoms with Crippen molar-refractivity contribution >= 4 is 28.8 Å². The molecule has 0 saturated heterocycles. The molecule has 0 spiro atoms. The summed E-state index contributed by atoms with van der Waals surface area (Å²) in [5.41, 5.74) is 0. The smallest absolute Gasteiger partial charge is 0.203 e. The molecule has 0 fully saturated rings. The summed E-state index contributed by atoms with van der Waals surface area (Å²) in [7, 11) is 0.319. The minimum Gasteiger partial charge on any atom is -0.484 e. The molecule has 0 aliphatic heterocycles. The van der Waals surface area contributed by atoms with E-state index in [9.17, 15) is 18.6 Å². The van der Waals surface area contributed by atoms with Crippen LogP contribution in [-0.2, 0) is 61.0 Å². The van der Waals surface area contributed by atoms with Gasteiger partial charge in [-0.25, -0.2) is 8.42 Å². The Hall–Kier alpha value is 0.827. The fourth-order valence-corrected chi connectivity index (χ4v) is 4.10. The fraction of sp³-hybridized carbons (Fsp3) is 0.429. The van der Waals surface area contributed by atoms with Gasteiger partial charge in [0, 0.05) is 57.5 Å². The SMILES string of the molecule is CC(/C(=C/S(=O)(=O)c1ccccc1)OP)C(C)C(OP)C(O)O.[W].[W]. The number of hydrogen-bond acceptors (Lipinski definition) is 6. The molecule has 6 nitrogen and oxygen atoms in total. The van der Waals surface area contributed by atoms with Gasteiger partial charge in [0.15, 0.2) is 6.29 Å². The van der Waals surface area contributed by atoms with Crippen molar-refractivity contribution in [3.63, 3.8) is 0 Å². The Morgan fingerprint density at radius 2 is 1.64 bits per heavy atom. The standard InChI is InChI=1S/C14H22O6P2S.2W/c1-9(10(2)13(20-22)14(15)16)12(19-21)8-23(17,18)11-6-4-3-5-7-11;;/h3-10,13-16H,21-22H2,1-2H3;;/b12-8-;;. The van der Waals surface area contributed by atoms with E-state index in [1.807, 2.05) is 18.9 Å². The first-order valence-corrected chi connectivity index (χ1v) is 9.33. The number of allylic oxidation sites excluding steroid dienone is 1. The van der Waals surface area contributed by atoms with Crippen molar-refractivity contribution in [2.24, 2.45) is 11.8 Å². The molecule has 25 heavy (non-hydrogen) atoms. The van der Waals surface area contributed by atoms with Crippen LogP contribution < -0.4 is 0 Å². The van der Waals surface area contributed by atoms with Crippen molar-refractivity contribution in [1.29, 1.82) is 0 Å². The number of aliphatic hydroxyl groups excluding tert-OH is 1. The Bertz CT molecular complexity index is 627. The van der Waals surface area contributed by atoms with Crippen LogP contribution in [0.2, 0.25) is 0 Å². The summed E-state index contributed by atoms with van der Waals surface area (Å²) >= 11 is 0. The first-order valence-electron chi connectivity index (χ1n) is 6.84. The third kappa shape index (κ3) is 8.16. The Morgan fingerprint density at radius 3 is 2.04 bits per heavy atom. The third-order valence-electron chi connectivity index (χ3n) is 3.69. The quantitative estimate of drug-likeness (QED) is 0.240. The molecule has 5 atom stereocenters. The maximum Gasteiger partial charge on any atom is 0.203 e. The van der Waals surface area contributed by atoms with Crippen molar-refractivity contribution in [3.05, 3.63) is 41.5 Å². The van der Waals surface area contributed by atoms with Crippen LogP contribution in [0.15, 0.2) is 46.4 Å². The molecule has 0 heterocycles. The van der Waals surface area contributed by atoms with Crippen LogP contribution in [0, 0.1) is 11.8 Å². The van der Waals surface area contributed by atoms with E-state index in [1.165, 1.54) is 12.1 Å². The van der Waals surface area contributed by atoms with E-state index in [0.717, 1.165) is 5.41 Å². The Labute approximate surface area is 182 Å². The second-order valence-electron chi connectivity index (χ2n) is 5.16. The number of hydrogen-bond donors (Lipinski definition) is 2. The van der Waals surface area contributed by atoms with E-state index >= 15 is 0 Å². The van der Waals surface area contributed by atoms with Crippen molar-refractivity contribution in [3.8, 4) is 0 Å². The fourth-order valence-electron chi connectivity index (χ4n) is 2.08. The molecule has 2 N–H and O–H groups in total. The van der Waals surface area contributed by atoms with Gasteiger partial charge in [-0.3, -0.25) is 0 Å². The van der Waals surface area contributed by atoms with Gasteiger partial charge in [0.2, 0.25) is 9.84 Å². The van der Waals surface area contributed by atoms with E-state index in [4.69, 9.17) is 9.05 Å². The molecule has 0 bridgehead atoms. The predicted molar refractivity (Wildman–Crippen MR) is 93.6 cm³/mol. The van der Waals surface area contributed by atoms with Gasteiger partial charge in [0.05, 0.1) is 19.8 Å². The molecule has 0 aliphatic carbocycles. The van der Waals surface area contributed by atoms with Gasteiger partial charge in [0.25, 0.3) is 0 Å². The maximum absolute atomic E-state index is 12.4. The van der Waals surface area contributed by atoms with Crippen LogP contribution in [0.1, 0.15) is 13.8 Å². The second-order valence-corrected chi connectivity index (χ2v) is 7.46. The monoisotopic (exact) mass is 748 g/mol. The molecular weight excluding hydrogens is 726 g/mol. The minimum absolute atomic E-state index is 0. The van der Waals surface area contributed by atoms with E-state index in [2.05, 4.69) is 0 Å². The van der Waals surface area contributed by atoms with Gasteiger partial charge >= 0.3 is 0 Å². The van der Waals surface area contributed by atoms with E-state index in [1.54, 1.807) is 32.0 Å². The molecule has 0 aliphatic rings. The second kappa shape index (κ2) is 13.1. The molecule has 1 rings (SSSR count). The zero-order valence-corrected chi connectivity index (χ0v) is 22.7. The summed E-state index contributed by atoms with van der Waals surface area (Å²) in [5, 5.41) is 19.7. The summed E-state index contributed by atoms with van der Waals surface area (Å²) < 4.78 is 34.9. The Balaban J connectivity index is 0. The summed E-state index contributed by atoms with van der Waals surface area (Å²) in [5.74, 6) is -0.664. The molecule has 1 aromatic rings. The largest absolute Gasteiger partial charge is 0.484 e. The van der Waals surface area contributed by atoms with Gasteiger partial charge in [-0.05, 0) is 18.1 Å². The number of sulfone groups is 1. The summed E-state index contributed by atoms with van der Waals surface area (Å²) in [6, 6.07) is 7.98. The van der Waals surface area contributed by atoms with Crippen LogP contribution in [-0.4, -0.2) is 31.0 Å². The Kier molecular flexibility index (Phi) is 14.7. The number of aliphatic hydroxyl groups is 2. The first kappa shape index (κ1) is 28.0. The van der Waals surface area contributed by atoms with Gasteiger partial charge in [-0.2, -0.15) is 0 Å². The summed E-state index contributed by atoms with van der Waals surface area (Å²) in [6.45, 7) is 3.44. The van der Waals surface area contributed by atoms with Gasteiger partial charge in [-0.1, -0.05) is 32.0 Å². The first-order chi connectivity index (χ1) is 10.7. The number of benzene rings is 1. The van der Waals surface area contributed by atoms with Crippen LogP contribution in [0.25, 0.3) is 0 Å².